The zero-order chi connectivity index (χ0) is 18.0. The summed E-state index contributed by atoms with van der Waals surface area (Å²) in [4.78, 5) is 27.9. The van der Waals surface area contributed by atoms with Gasteiger partial charge in [-0.25, -0.2) is 9.59 Å². The summed E-state index contributed by atoms with van der Waals surface area (Å²) in [6.45, 7) is 5.73. The Morgan fingerprint density at radius 1 is 1.32 bits per heavy atom. The van der Waals surface area contributed by atoms with Gasteiger partial charge in [-0.1, -0.05) is 0 Å². The van der Waals surface area contributed by atoms with E-state index >= 15 is 0 Å². The Morgan fingerprint density at radius 3 is 2.60 bits per heavy atom. The van der Waals surface area contributed by atoms with Crippen LogP contribution in [-0.2, 0) is 4.74 Å². The van der Waals surface area contributed by atoms with Crippen molar-refractivity contribution in [2.45, 2.75) is 38.8 Å². The number of ether oxygens (including phenoxy) is 2. The van der Waals surface area contributed by atoms with Crippen molar-refractivity contribution in [1.82, 2.24) is 9.80 Å². The van der Waals surface area contributed by atoms with E-state index in [-0.39, 0.29) is 24.3 Å². The van der Waals surface area contributed by atoms with E-state index < -0.39 is 0 Å². The number of cyclic esters (lactones) is 1. The highest BCUT2D eigenvalue weighted by atomic mass is 16.6. The standard InChI is InChI=1S/C18H25N3O4/c1-12-10-15(24-3)4-5-16(12)19-17(22)20-8-6-14(7-9-20)21-11-13(2)25-18(21)23/h4-5,10,13-14H,6-9,11H2,1-3H3,(H,19,22). The molecule has 0 spiro atoms. The molecule has 1 atom stereocenters. The normalized spacial score (nSPS) is 21.2. The van der Waals surface area contributed by atoms with Crippen LogP contribution in [0.25, 0.3) is 0 Å². The van der Waals surface area contributed by atoms with Gasteiger partial charge in [0.1, 0.15) is 11.9 Å². The van der Waals surface area contributed by atoms with Crippen LogP contribution in [-0.4, -0.2) is 60.8 Å². The van der Waals surface area contributed by atoms with Crippen molar-refractivity contribution < 1.29 is 19.1 Å². The first-order valence-corrected chi connectivity index (χ1v) is 8.65. The number of carbonyl (C=O) groups is 2. The van der Waals surface area contributed by atoms with Crippen molar-refractivity contribution in [2.75, 3.05) is 32.1 Å². The van der Waals surface area contributed by atoms with Crippen LogP contribution in [0, 0.1) is 6.92 Å². The summed E-state index contributed by atoms with van der Waals surface area (Å²) >= 11 is 0. The third-order valence-electron chi connectivity index (χ3n) is 4.86. The highest BCUT2D eigenvalue weighted by Crippen LogP contribution is 2.24. The van der Waals surface area contributed by atoms with E-state index in [0.29, 0.717) is 19.6 Å². The summed E-state index contributed by atoms with van der Waals surface area (Å²) in [6, 6.07) is 5.62. The number of anilines is 1. The molecule has 0 aliphatic carbocycles. The van der Waals surface area contributed by atoms with Gasteiger partial charge in [0, 0.05) is 24.8 Å². The van der Waals surface area contributed by atoms with Crippen LogP contribution in [0.3, 0.4) is 0 Å². The van der Waals surface area contributed by atoms with Gasteiger partial charge in [-0.15, -0.1) is 0 Å². The smallest absolute Gasteiger partial charge is 0.410 e. The van der Waals surface area contributed by atoms with Crippen molar-refractivity contribution in [3.05, 3.63) is 23.8 Å². The number of likely N-dealkylation sites (tertiary alicyclic amines) is 1. The molecule has 2 aliphatic rings. The van der Waals surface area contributed by atoms with Gasteiger partial charge >= 0.3 is 12.1 Å². The lowest BCUT2D eigenvalue weighted by Crippen LogP contribution is -2.48. The Kier molecular flexibility index (Phi) is 5.01. The molecule has 2 saturated heterocycles. The predicted molar refractivity (Wildman–Crippen MR) is 94.0 cm³/mol. The Labute approximate surface area is 147 Å². The van der Waals surface area contributed by atoms with Crippen LogP contribution in [0.5, 0.6) is 5.75 Å². The van der Waals surface area contributed by atoms with Crippen molar-refractivity contribution in [3.63, 3.8) is 0 Å². The molecule has 2 heterocycles. The molecule has 136 valence electrons. The summed E-state index contributed by atoms with van der Waals surface area (Å²) in [6.07, 6.45) is 1.27. The maximum atomic E-state index is 12.5. The SMILES string of the molecule is COc1ccc(NC(=O)N2CCC(N3CC(C)OC3=O)CC2)c(C)c1. The second-order valence-corrected chi connectivity index (χ2v) is 6.68. The van der Waals surface area contributed by atoms with Crippen molar-refractivity contribution in [2.24, 2.45) is 0 Å². The molecule has 7 heteroatoms. The number of methoxy groups -OCH3 is 1. The monoisotopic (exact) mass is 347 g/mol. The lowest BCUT2D eigenvalue weighted by atomic mass is 10.0. The second kappa shape index (κ2) is 7.21. The number of urea groups is 1. The molecule has 2 aliphatic heterocycles. The van der Waals surface area contributed by atoms with Gasteiger partial charge in [-0.3, -0.25) is 0 Å². The number of aryl methyl sites for hydroxylation is 1. The molecule has 0 bridgehead atoms. The Morgan fingerprint density at radius 2 is 2.04 bits per heavy atom. The molecule has 25 heavy (non-hydrogen) atoms. The number of hydrogen-bond donors (Lipinski definition) is 1. The quantitative estimate of drug-likeness (QED) is 0.913. The van der Waals surface area contributed by atoms with Gasteiger partial charge in [-0.05, 0) is 50.5 Å². The minimum atomic E-state index is -0.232. The van der Waals surface area contributed by atoms with E-state index in [1.165, 1.54) is 0 Å². The summed E-state index contributed by atoms with van der Waals surface area (Å²) in [7, 11) is 1.62. The van der Waals surface area contributed by atoms with Gasteiger partial charge in [0.05, 0.1) is 13.7 Å². The number of nitrogens with one attached hydrogen (secondary N) is 1. The van der Waals surface area contributed by atoms with Crippen LogP contribution in [0.4, 0.5) is 15.3 Å². The first-order valence-electron chi connectivity index (χ1n) is 8.65. The molecule has 0 radical (unpaired) electrons. The van der Waals surface area contributed by atoms with E-state index in [1.54, 1.807) is 16.9 Å². The molecule has 2 fully saturated rings. The van der Waals surface area contributed by atoms with Crippen LogP contribution in [0.2, 0.25) is 0 Å². The fourth-order valence-corrected chi connectivity index (χ4v) is 3.41. The number of rotatable bonds is 3. The van der Waals surface area contributed by atoms with Gasteiger partial charge in [0.2, 0.25) is 0 Å². The van der Waals surface area contributed by atoms with E-state index in [4.69, 9.17) is 9.47 Å². The fraction of sp³-hybridized carbons (Fsp3) is 0.556. The molecule has 1 unspecified atom stereocenters. The Balaban J connectivity index is 1.54. The minimum absolute atomic E-state index is 0.0492. The zero-order valence-electron chi connectivity index (χ0n) is 14.9. The zero-order valence-corrected chi connectivity index (χ0v) is 14.9. The van der Waals surface area contributed by atoms with Crippen molar-refractivity contribution >= 4 is 17.8 Å². The molecule has 1 aromatic carbocycles. The summed E-state index contributed by atoms with van der Waals surface area (Å²) in [5.74, 6) is 0.767. The van der Waals surface area contributed by atoms with Gasteiger partial charge in [0.25, 0.3) is 0 Å². The molecular weight excluding hydrogens is 322 g/mol. The molecule has 0 aromatic heterocycles. The number of amides is 3. The third-order valence-corrected chi connectivity index (χ3v) is 4.86. The molecule has 0 saturated carbocycles. The first kappa shape index (κ1) is 17.4. The van der Waals surface area contributed by atoms with Gasteiger partial charge in [0.15, 0.2) is 0 Å². The van der Waals surface area contributed by atoms with E-state index in [0.717, 1.165) is 29.8 Å². The molecule has 7 nitrogen and oxygen atoms in total. The number of benzene rings is 1. The first-order chi connectivity index (χ1) is 12.0. The largest absolute Gasteiger partial charge is 0.497 e. The van der Waals surface area contributed by atoms with Crippen LogP contribution >= 0.6 is 0 Å². The number of carbonyl (C=O) groups excluding carboxylic acids is 2. The Bertz CT molecular complexity index is 656. The summed E-state index contributed by atoms with van der Waals surface area (Å²) < 4.78 is 10.4. The molecular formula is C18H25N3O4. The lowest BCUT2D eigenvalue weighted by molar-refractivity contribution is 0.119. The van der Waals surface area contributed by atoms with Crippen LogP contribution < -0.4 is 10.1 Å². The number of nitrogens with zero attached hydrogens (tertiary/aromatic N) is 2. The number of hydrogen-bond acceptors (Lipinski definition) is 4. The van der Waals surface area contributed by atoms with Gasteiger partial charge in [-0.2, -0.15) is 0 Å². The maximum absolute atomic E-state index is 12.5. The predicted octanol–water partition coefficient (Wildman–Crippen LogP) is 2.84. The third kappa shape index (κ3) is 3.81. The van der Waals surface area contributed by atoms with Crippen LogP contribution in [0.1, 0.15) is 25.3 Å². The Hall–Kier alpha value is -2.44. The van der Waals surface area contributed by atoms with Crippen molar-refractivity contribution in [1.29, 1.82) is 0 Å². The average Bonchev–Trinajstić information content (AvgIpc) is 2.95. The molecule has 1 N–H and O–H groups in total. The molecule has 3 amide bonds. The van der Waals surface area contributed by atoms with Gasteiger partial charge < -0.3 is 24.6 Å². The number of piperidine rings is 1. The summed E-state index contributed by atoms with van der Waals surface area (Å²) in [5.41, 5.74) is 1.74. The average molecular weight is 347 g/mol. The second-order valence-electron chi connectivity index (χ2n) is 6.68. The van der Waals surface area contributed by atoms with E-state index in [9.17, 15) is 9.59 Å². The van der Waals surface area contributed by atoms with E-state index in [2.05, 4.69) is 5.32 Å². The maximum Gasteiger partial charge on any atom is 0.410 e. The molecule has 3 rings (SSSR count). The summed E-state index contributed by atoms with van der Waals surface area (Å²) in [5, 5.41) is 2.96. The molecule has 1 aromatic rings. The highest BCUT2D eigenvalue weighted by Gasteiger charge is 2.36. The van der Waals surface area contributed by atoms with Crippen LogP contribution in [0.15, 0.2) is 18.2 Å². The lowest BCUT2D eigenvalue weighted by Gasteiger charge is -2.35. The fourth-order valence-electron chi connectivity index (χ4n) is 3.41. The topological polar surface area (TPSA) is 71.1 Å². The van der Waals surface area contributed by atoms with Crippen molar-refractivity contribution in [3.8, 4) is 5.75 Å². The minimum Gasteiger partial charge on any atom is -0.497 e. The highest BCUT2D eigenvalue weighted by molar-refractivity contribution is 5.90. The van der Waals surface area contributed by atoms with E-state index in [1.807, 2.05) is 32.0 Å².